The fraction of sp³-hybridized carbons (Fsp3) is 0.650. The number of hydrogen-bond acceptors (Lipinski definition) is 6. The minimum absolute atomic E-state index is 0.0391. The van der Waals surface area contributed by atoms with Gasteiger partial charge in [-0.15, -0.1) is 0 Å². The summed E-state index contributed by atoms with van der Waals surface area (Å²) >= 11 is 0. The molecule has 0 saturated carbocycles. The lowest BCUT2D eigenvalue weighted by molar-refractivity contribution is -0.183. The maximum atomic E-state index is 11.8. The number of benzene rings is 1. The Morgan fingerprint density at radius 3 is 2.81 bits per heavy atom. The van der Waals surface area contributed by atoms with E-state index in [0.717, 1.165) is 37.4 Å². The van der Waals surface area contributed by atoms with Gasteiger partial charge in [-0.25, -0.2) is 0 Å². The molecule has 1 N–H and O–H groups in total. The summed E-state index contributed by atoms with van der Waals surface area (Å²) in [6.45, 7) is 4.81. The molecule has 1 aromatic carbocycles. The first-order valence-corrected chi connectivity index (χ1v) is 9.25. The van der Waals surface area contributed by atoms with Gasteiger partial charge in [0.05, 0.1) is 26.9 Å². The molecule has 0 radical (unpaired) electrons. The molecule has 1 spiro atoms. The van der Waals surface area contributed by atoms with E-state index in [2.05, 4.69) is 18.3 Å². The highest BCUT2D eigenvalue weighted by Crippen LogP contribution is 2.56. The van der Waals surface area contributed by atoms with Crippen molar-refractivity contribution < 1.29 is 23.7 Å². The number of para-hydroxylation sites is 1. The van der Waals surface area contributed by atoms with E-state index >= 15 is 0 Å². The Morgan fingerprint density at radius 2 is 2.15 bits per heavy atom. The highest BCUT2D eigenvalue weighted by molar-refractivity contribution is 5.69. The van der Waals surface area contributed by atoms with Crippen LogP contribution in [0.4, 0.5) is 0 Å². The Kier molecular flexibility index (Phi) is 4.35. The van der Waals surface area contributed by atoms with Crippen molar-refractivity contribution in [1.29, 1.82) is 0 Å². The average Bonchev–Trinajstić information content (AvgIpc) is 2.64. The molecule has 4 rings (SSSR count). The van der Waals surface area contributed by atoms with Crippen molar-refractivity contribution in [3.63, 3.8) is 0 Å². The van der Waals surface area contributed by atoms with Crippen molar-refractivity contribution >= 4 is 5.97 Å². The Balaban J connectivity index is 1.70. The third kappa shape index (κ3) is 2.76. The van der Waals surface area contributed by atoms with Gasteiger partial charge >= 0.3 is 5.97 Å². The van der Waals surface area contributed by atoms with Gasteiger partial charge in [0.15, 0.2) is 11.5 Å². The first-order chi connectivity index (χ1) is 12.5. The topological polar surface area (TPSA) is 66.0 Å². The number of esters is 1. The van der Waals surface area contributed by atoms with Gasteiger partial charge in [-0.05, 0) is 25.8 Å². The smallest absolute Gasteiger partial charge is 0.305 e. The molecule has 26 heavy (non-hydrogen) atoms. The lowest BCUT2D eigenvalue weighted by atomic mass is 9.64. The van der Waals surface area contributed by atoms with Crippen LogP contribution in [0, 0.1) is 11.3 Å². The van der Waals surface area contributed by atoms with Crippen LogP contribution in [-0.2, 0) is 14.3 Å². The molecule has 3 atom stereocenters. The summed E-state index contributed by atoms with van der Waals surface area (Å²) in [5.41, 5.74) is 0.726. The lowest BCUT2D eigenvalue weighted by Crippen LogP contribution is -2.63. The largest absolute Gasteiger partial charge is 0.493 e. The van der Waals surface area contributed by atoms with E-state index in [4.69, 9.17) is 18.9 Å². The van der Waals surface area contributed by atoms with Crippen molar-refractivity contribution in [3.05, 3.63) is 23.8 Å². The first kappa shape index (κ1) is 17.6. The van der Waals surface area contributed by atoms with E-state index in [-0.39, 0.29) is 23.4 Å². The van der Waals surface area contributed by atoms with Crippen molar-refractivity contribution in [1.82, 2.24) is 5.32 Å². The van der Waals surface area contributed by atoms with Gasteiger partial charge in [-0.3, -0.25) is 4.79 Å². The highest BCUT2D eigenvalue weighted by atomic mass is 16.5. The predicted octanol–water partition coefficient (Wildman–Crippen LogP) is 2.47. The summed E-state index contributed by atoms with van der Waals surface area (Å²) in [4.78, 5) is 11.8. The Bertz CT molecular complexity index is 701. The molecule has 2 saturated heterocycles. The zero-order chi connectivity index (χ0) is 18.4. The van der Waals surface area contributed by atoms with Crippen molar-refractivity contribution in [2.45, 2.75) is 37.9 Å². The maximum absolute atomic E-state index is 11.8. The fourth-order valence-electron chi connectivity index (χ4n) is 4.61. The summed E-state index contributed by atoms with van der Waals surface area (Å²) in [7, 11) is 3.07. The van der Waals surface area contributed by atoms with E-state index in [1.165, 1.54) is 7.11 Å². The Labute approximate surface area is 154 Å². The fourth-order valence-corrected chi connectivity index (χ4v) is 4.61. The second-order valence-electron chi connectivity index (χ2n) is 8.02. The number of nitrogens with one attached hydrogen (secondary N) is 1. The normalized spacial score (nSPS) is 31.2. The number of rotatable bonds is 4. The molecule has 2 fully saturated rings. The minimum atomic E-state index is -0.510. The van der Waals surface area contributed by atoms with Crippen LogP contribution in [0.15, 0.2) is 18.2 Å². The van der Waals surface area contributed by atoms with Crippen LogP contribution in [-0.4, -0.2) is 45.5 Å². The highest BCUT2D eigenvalue weighted by Gasteiger charge is 2.55. The van der Waals surface area contributed by atoms with E-state index in [9.17, 15) is 4.79 Å². The van der Waals surface area contributed by atoms with E-state index < -0.39 is 5.60 Å². The van der Waals surface area contributed by atoms with Gasteiger partial charge in [0, 0.05) is 36.4 Å². The zero-order valence-electron chi connectivity index (χ0n) is 15.7. The van der Waals surface area contributed by atoms with Crippen molar-refractivity contribution in [3.8, 4) is 11.5 Å². The monoisotopic (exact) mass is 361 g/mol. The minimum Gasteiger partial charge on any atom is -0.493 e. The third-order valence-electron chi connectivity index (χ3n) is 6.30. The molecular formula is C20H27NO5. The molecule has 3 aliphatic heterocycles. The van der Waals surface area contributed by atoms with Gasteiger partial charge < -0.3 is 24.3 Å². The summed E-state index contributed by atoms with van der Waals surface area (Å²) in [5, 5.41) is 3.38. The maximum Gasteiger partial charge on any atom is 0.305 e. The van der Waals surface area contributed by atoms with Gasteiger partial charge in [0.2, 0.25) is 0 Å². The standard InChI is InChI=1S/C20H27NO5/c1-19(8-7-16(22)24-3)14-9-20(10-21-11-20)12-25-17(14)13-5-4-6-15(23-2)18(13)26-19/h4-6,14,17,21H,7-12H2,1-3H3/t14-,17+,19-/m0/s1. The van der Waals surface area contributed by atoms with Crippen LogP contribution in [0.3, 0.4) is 0 Å². The number of hydrogen-bond donors (Lipinski definition) is 1. The Hall–Kier alpha value is -1.79. The molecule has 0 aliphatic carbocycles. The van der Waals surface area contributed by atoms with Crippen LogP contribution in [0.1, 0.15) is 37.9 Å². The zero-order valence-corrected chi connectivity index (χ0v) is 15.7. The van der Waals surface area contributed by atoms with Crippen LogP contribution < -0.4 is 14.8 Å². The quantitative estimate of drug-likeness (QED) is 0.831. The van der Waals surface area contributed by atoms with Crippen LogP contribution in [0.5, 0.6) is 11.5 Å². The molecule has 142 valence electrons. The molecule has 1 aromatic rings. The summed E-state index contributed by atoms with van der Waals surface area (Å²) in [5.74, 6) is 1.42. The van der Waals surface area contributed by atoms with Crippen LogP contribution >= 0.6 is 0 Å². The number of methoxy groups -OCH3 is 2. The second kappa shape index (κ2) is 6.43. The molecular weight excluding hydrogens is 334 g/mol. The summed E-state index contributed by atoms with van der Waals surface area (Å²) < 4.78 is 23.3. The number of carbonyl (C=O) groups is 1. The summed E-state index contributed by atoms with van der Waals surface area (Å²) in [6.07, 6.45) is 1.90. The van der Waals surface area contributed by atoms with E-state index in [1.54, 1.807) is 7.11 Å². The first-order valence-electron chi connectivity index (χ1n) is 9.25. The van der Waals surface area contributed by atoms with Crippen LogP contribution in [0.25, 0.3) is 0 Å². The van der Waals surface area contributed by atoms with E-state index in [1.807, 2.05) is 12.1 Å². The molecule has 6 nitrogen and oxygen atoms in total. The van der Waals surface area contributed by atoms with E-state index in [0.29, 0.717) is 18.6 Å². The predicted molar refractivity (Wildman–Crippen MR) is 95.4 cm³/mol. The van der Waals surface area contributed by atoms with Crippen molar-refractivity contribution in [2.24, 2.45) is 11.3 Å². The second-order valence-corrected chi connectivity index (χ2v) is 8.02. The van der Waals surface area contributed by atoms with Gasteiger partial charge in [0.25, 0.3) is 0 Å². The van der Waals surface area contributed by atoms with Gasteiger partial charge in [0.1, 0.15) is 5.60 Å². The lowest BCUT2D eigenvalue weighted by Gasteiger charge is -2.56. The SMILES string of the molecule is COC(=O)CC[C@]1(C)Oc2c(OC)cccc2[C@H]2OCC3(CNC3)C[C@@H]21. The molecule has 0 amide bonds. The van der Waals surface area contributed by atoms with Crippen LogP contribution in [0.2, 0.25) is 0 Å². The molecule has 0 aromatic heterocycles. The molecule has 3 heterocycles. The van der Waals surface area contributed by atoms with Gasteiger partial charge in [-0.2, -0.15) is 0 Å². The number of ether oxygens (including phenoxy) is 4. The molecule has 3 aliphatic rings. The molecule has 0 unspecified atom stereocenters. The summed E-state index contributed by atoms with van der Waals surface area (Å²) in [6, 6.07) is 5.94. The molecule has 6 heteroatoms. The number of fused-ring (bicyclic) bond motifs is 3. The average molecular weight is 361 g/mol. The number of carbonyl (C=O) groups excluding carboxylic acids is 1. The third-order valence-corrected chi connectivity index (χ3v) is 6.30. The van der Waals surface area contributed by atoms with Crippen molar-refractivity contribution in [2.75, 3.05) is 33.9 Å². The van der Waals surface area contributed by atoms with Gasteiger partial charge in [-0.1, -0.05) is 12.1 Å². The Morgan fingerprint density at radius 1 is 1.35 bits per heavy atom. The molecule has 0 bridgehead atoms.